The first kappa shape index (κ1) is 31.6. The number of aromatic nitrogens is 1. The van der Waals surface area contributed by atoms with Gasteiger partial charge in [0.25, 0.3) is 0 Å². The highest BCUT2D eigenvalue weighted by atomic mass is 32.1. The lowest BCUT2D eigenvalue weighted by Gasteiger charge is -2.26. The molecule has 0 saturated heterocycles. The summed E-state index contributed by atoms with van der Waals surface area (Å²) in [7, 11) is 0. The summed E-state index contributed by atoms with van der Waals surface area (Å²) in [5.41, 5.74) is 11.8. The van der Waals surface area contributed by atoms with Crippen molar-refractivity contribution < 1.29 is 0 Å². The van der Waals surface area contributed by atoms with Crippen LogP contribution in [0, 0.1) is 0 Å². The fourth-order valence-corrected chi connectivity index (χ4v) is 9.37. The zero-order chi connectivity index (χ0) is 36.3. The zero-order valence-corrected chi connectivity index (χ0v) is 30.7. The molecule has 0 aliphatic heterocycles. The van der Waals surface area contributed by atoms with E-state index in [1.165, 1.54) is 80.7 Å². The fraction of sp³-hybridized carbons (Fsp3) is 0. The second-order valence-corrected chi connectivity index (χ2v) is 15.3. The van der Waals surface area contributed by atoms with E-state index in [0.717, 1.165) is 17.1 Å². The van der Waals surface area contributed by atoms with Gasteiger partial charge in [0.2, 0.25) is 0 Å². The van der Waals surface area contributed by atoms with Gasteiger partial charge in [-0.25, -0.2) is 0 Å². The van der Waals surface area contributed by atoms with E-state index in [0.29, 0.717) is 0 Å². The van der Waals surface area contributed by atoms with Crippen LogP contribution in [-0.4, -0.2) is 4.57 Å². The lowest BCUT2D eigenvalue weighted by Crippen LogP contribution is -2.09. The van der Waals surface area contributed by atoms with Gasteiger partial charge >= 0.3 is 0 Å². The van der Waals surface area contributed by atoms with E-state index in [-0.39, 0.29) is 0 Å². The van der Waals surface area contributed by atoms with Crippen molar-refractivity contribution in [3.8, 4) is 27.9 Å². The standard InChI is InChI=1S/C52H34N2S/c1-2-12-41(13-3-1)54-49-16-8-6-14-45(49)47-33-39(23-30-50(47)54)36-18-25-42(26-19-36)53(44-29-22-35-10-4-5-11-38(35)32-44)43-27-20-37(21-28-43)40-24-31-52-48(34-40)46-15-7-9-17-51(46)55-52/h1-34H. The SMILES string of the molecule is c1ccc(-n2c3ccccc3c3cc(-c4ccc(N(c5ccc(-c6ccc7sc8ccccc8c7c6)cc5)c5ccc6ccccc6c5)cc4)ccc32)cc1. The van der Waals surface area contributed by atoms with E-state index < -0.39 is 0 Å². The third-order valence-corrected chi connectivity index (χ3v) is 12.1. The van der Waals surface area contributed by atoms with Crippen LogP contribution in [0.3, 0.4) is 0 Å². The van der Waals surface area contributed by atoms with Crippen LogP contribution in [0.25, 0.3) is 80.7 Å². The van der Waals surface area contributed by atoms with Crippen molar-refractivity contribution in [2.75, 3.05) is 4.90 Å². The Hall–Kier alpha value is -6.94. The molecule has 0 saturated carbocycles. The van der Waals surface area contributed by atoms with Crippen molar-refractivity contribution in [2.45, 2.75) is 0 Å². The average molecular weight is 719 g/mol. The van der Waals surface area contributed by atoms with Crippen LogP contribution < -0.4 is 4.90 Å². The number of benzene rings is 9. The largest absolute Gasteiger partial charge is 0.310 e. The summed E-state index contributed by atoms with van der Waals surface area (Å²) in [4.78, 5) is 2.37. The van der Waals surface area contributed by atoms with Gasteiger partial charge in [0.05, 0.1) is 11.0 Å². The number of thiophene rings is 1. The summed E-state index contributed by atoms with van der Waals surface area (Å²) >= 11 is 1.86. The van der Waals surface area contributed by atoms with Gasteiger partial charge < -0.3 is 9.47 Å². The molecule has 2 aromatic heterocycles. The molecule has 11 aromatic rings. The third kappa shape index (κ3) is 5.40. The first-order valence-electron chi connectivity index (χ1n) is 18.7. The van der Waals surface area contributed by atoms with Crippen molar-refractivity contribution >= 4 is 81.1 Å². The van der Waals surface area contributed by atoms with E-state index in [1.807, 2.05) is 11.3 Å². The molecule has 2 heterocycles. The molecule has 2 nitrogen and oxygen atoms in total. The molecule has 0 unspecified atom stereocenters. The second kappa shape index (κ2) is 12.9. The molecule has 0 bridgehead atoms. The highest BCUT2D eigenvalue weighted by Gasteiger charge is 2.16. The third-order valence-electron chi connectivity index (χ3n) is 11.0. The molecule has 0 aliphatic carbocycles. The predicted octanol–water partition coefficient (Wildman–Crippen LogP) is 15.1. The van der Waals surface area contributed by atoms with Gasteiger partial charge in [0.15, 0.2) is 0 Å². The zero-order valence-electron chi connectivity index (χ0n) is 29.9. The highest BCUT2D eigenvalue weighted by molar-refractivity contribution is 7.25. The first-order valence-corrected chi connectivity index (χ1v) is 19.6. The number of anilines is 3. The van der Waals surface area contributed by atoms with Gasteiger partial charge in [-0.1, -0.05) is 121 Å². The molecule has 55 heavy (non-hydrogen) atoms. The Bertz CT molecular complexity index is 3190. The Balaban J connectivity index is 0.983. The molecular formula is C52H34N2S. The number of hydrogen-bond acceptors (Lipinski definition) is 2. The highest BCUT2D eigenvalue weighted by Crippen LogP contribution is 2.41. The van der Waals surface area contributed by atoms with Gasteiger partial charge in [-0.2, -0.15) is 0 Å². The van der Waals surface area contributed by atoms with E-state index in [9.17, 15) is 0 Å². The second-order valence-electron chi connectivity index (χ2n) is 14.2. The molecule has 0 aliphatic rings. The summed E-state index contributed by atoms with van der Waals surface area (Å²) in [5.74, 6) is 0. The number of hydrogen-bond donors (Lipinski definition) is 0. The summed E-state index contributed by atoms with van der Waals surface area (Å²) in [6.45, 7) is 0. The summed E-state index contributed by atoms with van der Waals surface area (Å²) in [6.07, 6.45) is 0. The lowest BCUT2D eigenvalue weighted by atomic mass is 10.0. The summed E-state index contributed by atoms with van der Waals surface area (Å²) in [5, 5.41) is 7.61. The van der Waals surface area contributed by atoms with E-state index in [2.05, 4.69) is 216 Å². The van der Waals surface area contributed by atoms with E-state index in [1.54, 1.807) is 0 Å². The molecule has 0 N–H and O–H groups in total. The molecule has 11 rings (SSSR count). The van der Waals surface area contributed by atoms with Gasteiger partial charge in [-0.05, 0) is 118 Å². The average Bonchev–Trinajstić information content (AvgIpc) is 3.80. The molecule has 0 radical (unpaired) electrons. The van der Waals surface area contributed by atoms with Crippen LogP contribution in [0.4, 0.5) is 17.1 Å². The molecule has 258 valence electrons. The number of fused-ring (bicyclic) bond motifs is 7. The molecule has 0 fully saturated rings. The van der Waals surface area contributed by atoms with Crippen LogP contribution in [0.2, 0.25) is 0 Å². The number of nitrogens with zero attached hydrogens (tertiary/aromatic N) is 2. The molecule has 0 amide bonds. The monoisotopic (exact) mass is 718 g/mol. The maximum atomic E-state index is 2.37. The maximum absolute atomic E-state index is 2.37. The minimum absolute atomic E-state index is 1.11. The van der Waals surface area contributed by atoms with Crippen LogP contribution in [0.1, 0.15) is 0 Å². The Kier molecular flexibility index (Phi) is 7.39. The van der Waals surface area contributed by atoms with Gasteiger partial charge in [-0.15, -0.1) is 11.3 Å². The van der Waals surface area contributed by atoms with Crippen LogP contribution in [0.5, 0.6) is 0 Å². The lowest BCUT2D eigenvalue weighted by molar-refractivity contribution is 1.18. The van der Waals surface area contributed by atoms with Gasteiger partial charge in [0, 0.05) is 53.7 Å². The Morgan fingerprint density at radius 1 is 0.327 bits per heavy atom. The van der Waals surface area contributed by atoms with Crippen LogP contribution in [-0.2, 0) is 0 Å². The minimum atomic E-state index is 1.11. The Morgan fingerprint density at radius 2 is 0.873 bits per heavy atom. The quantitative estimate of drug-likeness (QED) is 0.166. The van der Waals surface area contributed by atoms with E-state index in [4.69, 9.17) is 0 Å². The van der Waals surface area contributed by atoms with Gasteiger partial charge in [-0.3, -0.25) is 0 Å². The first-order chi connectivity index (χ1) is 27.2. The summed E-state index contributed by atoms with van der Waals surface area (Å²) in [6, 6.07) is 75.2. The smallest absolute Gasteiger partial charge is 0.0541 e. The van der Waals surface area contributed by atoms with Crippen molar-refractivity contribution in [1.29, 1.82) is 0 Å². The number of rotatable bonds is 6. The van der Waals surface area contributed by atoms with Crippen molar-refractivity contribution in [2.24, 2.45) is 0 Å². The topological polar surface area (TPSA) is 8.17 Å². The molecule has 0 atom stereocenters. The normalized spacial score (nSPS) is 11.6. The molecule has 0 spiro atoms. The van der Waals surface area contributed by atoms with Crippen LogP contribution >= 0.6 is 11.3 Å². The Morgan fingerprint density at radius 3 is 1.64 bits per heavy atom. The van der Waals surface area contributed by atoms with Crippen molar-refractivity contribution in [3.05, 3.63) is 206 Å². The van der Waals surface area contributed by atoms with Crippen molar-refractivity contribution in [1.82, 2.24) is 4.57 Å². The predicted molar refractivity (Wildman–Crippen MR) is 237 cm³/mol. The molecule has 3 heteroatoms. The van der Waals surface area contributed by atoms with Gasteiger partial charge in [0.1, 0.15) is 0 Å². The Labute approximate surface area is 323 Å². The van der Waals surface area contributed by atoms with Crippen molar-refractivity contribution in [3.63, 3.8) is 0 Å². The van der Waals surface area contributed by atoms with Crippen LogP contribution in [0.15, 0.2) is 206 Å². The number of para-hydroxylation sites is 2. The maximum Gasteiger partial charge on any atom is 0.0541 e. The fourth-order valence-electron chi connectivity index (χ4n) is 8.28. The minimum Gasteiger partial charge on any atom is -0.310 e. The molecular weight excluding hydrogens is 685 g/mol. The van der Waals surface area contributed by atoms with E-state index >= 15 is 0 Å². The summed E-state index contributed by atoms with van der Waals surface area (Å²) < 4.78 is 5.02. The molecule has 9 aromatic carbocycles.